The SMILES string of the molecule is CC[C@H](C(=O)N[C@@H](C)CC)N(CCc1ccccc1)C(=O)COc1ccc(C(C)C)cc1Br. The van der Waals surface area contributed by atoms with Crippen LogP contribution in [0, 0.1) is 0 Å². The van der Waals surface area contributed by atoms with Crippen LogP contribution in [0.15, 0.2) is 53.0 Å². The molecular weight excluding hydrogens is 480 g/mol. The van der Waals surface area contributed by atoms with E-state index >= 15 is 0 Å². The monoisotopic (exact) mass is 516 g/mol. The van der Waals surface area contributed by atoms with Gasteiger partial charge in [0.2, 0.25) is 5.91 Å². The molecule has 2 aromatic rings. The summed E-state index contributed by atoms with van der Waals surface area (Å²) in [5.41, 5.74) is 2.32. The number of carbonyl (C=O) groups is 2. The van der Waals surface area contributed by atoms with E-state index in [0.717, 1.165) is 16.5 Å². The lowest BCUT2D eigenvalue weighted by atomic mass is 10.0. The highest BCUT2D eigenvalue weighted by Crippen LogP contribution is 2.29. The Kier molecular flexibility index (Phi) is 10.9. The van der Waals surface area contributed by atoms with E-state index < -0.39 is 6.04 Å². The Morgan fingerprint density at radius 1 is 1.03 bits per heavy atom. The Morgan fingerprint density at radius 2 is 1.73 bits per heavy atom. The number of carbonyl (C=O) groups excluding carboxylic acids is 2. The summed E-state index contributed by atoms with van der Waals surface area (Å²) in [6.07, 6.45) is 2.05. The average molecular weight is 518 g/mol. The lowest BCUT2D eigenvalue weighted by Crippen LogP contribution is -2.52. The number of halogens is 1. The van der Waals surface area contributed by atoms with E-state index in [2.05, 4.69) is 35.1 Å². The lowest BCUT2D eigenvalue weighted by Gasteiger charge is -2.31. The van der Waals surface area contributed by atoms with Gasteiger partial charge in [-0.3, -0.25) is 9.59 Å². The molecule has 2 aromatic carbocycles. The standard InChI is InChI=1S/C27H37BrN2O3/c1-6-20(5)29-27(32)24(7-2)30(16-15-21-11-9-8-10-12-21)26(31)18-33-25-14-13-22(19(3)4)17-23(25)28/h8-14,17,19-20,24H,6-7,15-16,18H2,1-5H3,(H,29,32)/t20-,24+/m0/s1. The molecule has 0 aliphatic carbocycles. The Balaban J connectivity index is 2.16. The van der Waals surface area contributed by atoms with Crippen LogP contribution in [0.3, 0.4) is 0 Å². The van der Waals surface area contributed by atoms with Gasteiger partial charge in [0.25, 0.3) is 5.91 Å². The normalized spacial score (nSPS) is 12.8. The van der Waals surface area contributed by atoms with Crippen molar-refractivity contribution in [2.24, 2.45) is 0 Å². The number of nitrogens with zero attached hydrogens (tertiary/aromatic N) is 1. The molecule has 33 heavy (non-hydrogen) atoms. The number of nitrogens with one attached hydrogen (secondary N) is 1. The second-order valence-electron chi connectivity index (χ2n) is 8.70. The highest BCUT2D eigenvalue weighted by atomic mass is 79.9. The summed E-state index contributed by atoms with van der Waals surface area (Å²) >= 11 is 3.55. The summed E-state index contributed by atoms with van der Waals surface area (Å²) in [6, 6.07) is 15.4. The topological polar surface area (TPSA) is 58.6 Å². The van der Waals surface area contributed by atoms with Crippen molar-refractivity contribution in [3.63, 3.8) is 0 Å². The largest absolute Gasteiger partial charge is 0.483 e. The van der Waals surface area contributed by atoms with Crippen LogP contribution in [0.25, 0.3) is 0 Å². The van der Waals surface area contributed by atoms with Crippen molar-refractivity contribution in [1.82, 2.24) is 10.2 Å². The Labute approximate surface area is 207 Å². The second-order valence-corrected chi connectivity index (χ2v) is 9.55. The molecule has 180 valence electrons. The minimum Gasteiger partial charge on any atom is -0.483 e. The third kappa shape index (κ3) is 8.18. The van der Waals surface area contributed by atoms with Crippen molar-refractivity contribution in [3.8, 4) is 5.75 Å². The third-order valence-electron chi connectivity index (χ3n) is 5.84. The molecule has 0 saturated carbocycles. The van der Waals surface area contributed by atoms with Crippen molar-refractivity contribution < 1.29 is 14.3 Å². The van der Waals surface area contributed by atoms with Gasteiger partial charge in [-0.05, 0) is 71.3 Å². The summed E-state index contributed by atoms with van der Waals surface area (Å²) in [4.78, 5) is 27.9. The van der Waals surface area contributed by atoms with Crippen molar-refractivity contribution in [1.29, 1.82) is 0 Å². The first-order valence-corrected chi connectivity index (χ1v) is 12.6. The van der Waals surface area contributed by atoms with E-state index in [4.69, 9.17) is 4.74 Å². The van der Waals surface area contributed by atoms with Crippen LogP contribution in [0.1, 0.15) is 64.5 Å². The Morgan fingerprint density at radius 3 is 2.30 bits per heavy atom. The van der Waals surface area contributed by atoms with Crippen LogP contribution in [0.2, 0.25) is 0 Å². The van der Waals surface area contributed by atoms with Gasteiger partial charge >= 0.3 is 0 Å². The summed E-state index contributed by atoms with van der Waals surface area (Å²) < 4.78 is 6.69. The molecular formula is C27H37BrN2O3. The minimum atomic E-state index is -0.537. The molecule has 6 heteroatoms. The number of benzene rings is 2. The molecule has 0 aliphatic heterocycles. The smallest absolute Gasteiger partial charge is 0.261 e. The second kappa shape index (κ2) is 13.4. The van der Waals surface area contributed by atoms with Gasteiger partial charge in [0.15, 0.2) is 6.61 Å². The average Bonchev–Trinajstić information content (AvgIpc) is 2.80. The molecule has 0 aliphatic rings. The van der Waals surface area contributed by atoms with E-state index in [9.17, 15) is 9.59 Å². The van der Waals surface area contributed by atoms with E-state index in [1.807, 2.05) is 69.3 Å². The van der Waals surface area contributed by atoms with E-state index in [0.29, 0.717) is 31.1 Å². The molecule has 0 unspecified atom stereocenters. The molecule has 0 spiro atoms. The summed E-state index contributed by atoms with van der Waals surface area (Å²) in [6.45, 7) is 10.5. The van der Waals surface area contributed by atoms with Crippen LogP contribution < -0.4 is 10.1 Å². The van der Waals surface area contributed by atoms with Crippen LogP contribution >= 0.6 is 15.9 Å². The van der Waals surface area contributed by atoms with Crippen LogP contribution in [0.5, 0.6) is 5.75 Å². The van der Waals surface area contributed by atoms with Crippen molar-refractivity contribution in [2.75, 3.05) is 13.2 Å². The summed E-state index contributed by atoms with van der Waals surface area (Å²) in [5.74, 6) is 0.709. The summed E-state index contributed by atoms with van der Waals surface area (Å²) in [5, 5.41) is 3.03. The van der Waals surface area contributed by atoms with Gasteiger partial charge in [0.05, 0.1) is 4.47 Å². The van der Waals surface area contributed by atoms with E-state index in [-0.39, 0.29) is 24.5 Å². The fraction of sp³-hybridized carbons (Fsp3) is 0.481. The van der Waals surface area contributed by atoms with Crippen LogP contribution in [-0.2, 0) is 16.0 Å². The first-order chi connectivity index (χ1) is 15.8. The predicted octanol–water partition coefficient (Wildman–Crippen LogP) is 5.72. The molecule has 2 rings (SSSR count). The van der Waals surface area contributed by atoms with Crippen LogP contribution in [0.4, 0.5) is 0 Å². The number of ether oxygens (including phenoxy) is 1. The fourth-order valence-electron chi connectivity index (χ4n) is 3.55. The van der Waals surface area contributed by atoms with Gasteiger partial charge in [-0.25, -0.2) is 0 Å². The first kappa shape index (κ1) is 26.9. The molecule has 0 radical (unpaired) electrons. The zero-order chi connectivity index (χ0) is 24.4. The van der Waals surface area contributed by atoms with Crippen LogP contribution in [-0.4, -0.2) is 41.9 Å². The van der Waals surface area contributed by atoms with E-state index in [1.165, 1.54) is 5.56 Å². The maximum atomic E-state index is 13.3. The van der Waals surface area contributed by atoms with Gasteiger partial charge in [0, 0.05) is 12.6 Å². The molecule has 0 aromatic heterocycles. The molecule has 0 bridgehead atoms. The Bertz CT molecular complexity index is 901. The highest BCUT2D eigenvalue weighted by molar-refractivity contribution is 9.10. The zero-order valence-corrected chi connectivity index (χ0v) is 22.0. The van der Waals surface area contributed by atoms with Gasteiger partial charge in [-0.15, -0.1) is 0 Å². The third-order valence-corrected chi connectivity index (χ3v) is 6.46. The van der Waals surface area contributed by atoms with E-state index in [1.54, 1.807) is 4.90 Å². The zero-order valence-electron chi connectivity index (χ0n) is 20.4. The molecule has 5 nitrogen and oxygen atoms in total. The number of amides is 2. The molecule has 1 N–H and O–H groups in total. The summed E-state index contributed by atoms with van der Waals surface area (Å²) in [7, 11) is 0. The Hall–Kier alpha value is -2.34. The number of hydrogen-bond donors (Lipinski definition) is 1. The quantitative estimate of drug-likeness (QED) is 0.392. The number of hydrogen-bond acceptors (Lipinski definition) is 3. The van der Waals surface area contributed by atoms with Gasteiger partial charge in [-0.1, -0.05) is 64.1 Å². The first-order valence-electron chi connectivity index (χ1n) is 11.8. The maximum Gasteiger partial charge on any atom is 0.261 e. The highest BCUT2D eigenvalue weighted by Gasteiger charge is 2.29. The van der Waals surface area contributed by atoms with Gasteiger partial charge in [-0.2, -0.15) is 0 Å². The van der Waals surface area contributed by atoms with Crippen molar-refractivity contribution >= 4 is 27.7 Å². The van der Waals surface area contributed by atoms with Crippen molar-refractivity contribution in [2.45, 2.75) is 71.9 Å². The maximum absolute atomic E-state index is 13.3. The number of rotatable bonds is 12. The molecule has 2 amide bonds. The lowest BCUT2D eigenvalue weighted by molar-refractivity contribution is -0.142. The molecule has 0 saturated heterocycles. The molecule has 2 atom stereocenters. The van der Waals surface area contributed by atoms with Gasteiger partial charge in [0.1, 0.15) is 11.8 Å². The van der Waals surface area contributed by atoms with Crippen molar-refractivity contribution in [3.05, 3.63) is 64.1 Å². The molecule has 0 fully saturated rings. The minimum absolute atomic E-state index is 0.0595. The molecule has 0 heterocycles. The van der Waals surface area contributed by atoms with Gasteiger partial charge < -0.3 is 15.0 Å². The fourth-order valence-corrected chi connectivity index (χ4v) is 4.06. The predicted molar refractivity (Wildman–Crippen MR) is 138 cm³/mol.